The van der Waals surface area contributed by atoms with E-state index in [1.807, 2.05) is 48.5 Å². The minimum Gasteiger partial charge on any atom is -0.458 e. The Labute approximate surface area is 236 Å². The maximum Gasteiger partial charge on any atom is 0.303 e. The summed E-state index contributed by atoms with van der Waals surface area (Å²) in [6.45, 7) is 11.7. The van der Waals surface area contributed by atoms with Crippen molar-refractivity contribution in [1.82, 2.24) is 9.97 Å². The van der Waals surface area contributed by atoms with Crippen LogP contribution in [-0.2, 0) is 31.9 Å². The summed E-state index contributed by atoms with van der Waals surface area (Å²) in [6.07, 6.45) is 3.18. The van der Waals surface area contributed by atoms with Gasteiger partial charge >= 0.3 is 11.9 Å². The Morgan fingerprint density at radius 2 is 1.05 bits per heavy atom. The second-order valence-corrected chi connectivity index (χ2v) is 12.7. The Hall–Kier alpha value is -3.80. The fourth-order valence-corrected chi connectivity index (χ4v) is 6.07. The lowest BCUT2D eigenvalue weighted by Crippen LogP contribution is -2.28. The Balaban J connectivity index is 0.000000161. The standard InChI is InChI=1S/2C17H19NO2/c2*1-11(19)20-16-10-17(2,3)9-15-13(16)8-12-6-4-5-7-14(12)18-15/h2*4-8,16H,9-10H2,1-3H3/t2*16-/m11/s1. The number of nitrogens with zero attached hydrogens (tertiary/aromatic N) is 2. The largest absolute Gasteiger partial charge is 0.458 e. The highest BCUT2D eigenvalue weighted by atomic mass is 16.5. The molecule has 2 heterocycles. The van der Waals surface area contributed by atoms with Crippen LogP contribution in [0.3, 0.4) is 0 Å². The zero-order valence-electron chi connectivity index (χ0n) is 24.3. The molecule has 4 aromatic rings. The minimum atomic E-state index is -0.230. The van der Waals surface area contributed by atoms with Crippen LogP contribution in [-0.4, -0.2) is 21.9 Å². The normalized spacial score (nSPS) is 20.4. The van der Waals surface area contributed by atoms with Crippen LogP contribution >= 0.6 is 0 Å². The van der Waals surface area contributed by atoms with E-state index in [1.165, 1.54) is 13.8 Å². The predicted octanol–water partition coefficient (Wildman–Crippen LogP) is 7.62. The van der Waals surface area contributed by atoms with Crippen molar-refractivity contribution in [2.45, 2.75) is 79.4 Å². The number of fused-ring (bicyclic) bond motifs is 4. The SMILES string of the molecule is CC(=O)O[C@@H]1CC(C)(C)Cc2nc3ccccc3cc21.CC(=O)O[C@@H]1CC(C)(C)Cc2nc3ccccc3cc21. The first-order valence-corrected chi connectivity index (χ1v) is 14.0. The third-order valence-corrected chi connectivity index (χ3v) is 7.75. The fraction of sp³-hybridized carbons (Fsp3) is 0.412. The molecule has 0 unspecified atom stereocenters. The van der Waals surface area contributed by atoms with Crippen LogP contribution < -0.4 is 0 Å². The molecule has 2 aliphatic carbocycles. The fourth-order valence-electron chi connectivity index (χ4n) is 6.07. The smallest absolute Gasteiger partial charge is 0.303 e. The quantitative estimate of drug-likeness (QED) is 0.244. The average molecular weight is 539 g/mol. The summed E-state index contributed by atoms with van der Waals surface area (Å²) < 4.78 is 11.0. The van der Waals surface area contributed by atoms with E-state index < -0.39 is 0 Å². The van der Waals surface area contributed by atoms with E-state index in [0.29, 0.717) is 0 Å². The number of hydrogen-bond donors (Lipinski definition) is 0. The highest BCUT2D eigenvalue weighted by molar-refractivity contribution is 5.80. The molecule has 6 nitrogen and oxygen atoms in total. The molecule has 0 saturated carbocycles. The second-order valence-electron chi connectivity index (χ2n) is 12.7. The van der Waals surface area contributed by atoms with Gasteiger partial charge in [-0.15, -0.1) is 0 Å². The zero-order chi connectivity index (χ0) is 28.7. The number of ether oxygens (including phenoxy) is 2. The van der Waals surface area contributed by atoms with Crippen molar-refractivity contribution in [3.8, 4) is 0 Å². The topological polar surface area (TPSA) is 78.4 Å². The predicted molar refractivity (Wildman–Crippen MR) is 157 cm³/mol. The van der Waals surface area contributed by atoms with Gasteiger partial charge in [-0.3, -0.25) is 19.6 Å². The van der Waals surface area contributed by atoms with E-state index in [2.05, 4.69) is 39.8 Å². The van der Waals surface area contributed by atoms with E-state index in [1.54, 1.807) is 0 Å². The number of aromatic nitrogens is 2. The summed E-state index contributed by atoms with van der Waals surface area (Å²) in [7, 11) is 0. The zero-order valence-corrected chi connectivity index (χ0v) is 24.3. The summed E-state index contributed by atoms with van der Waals surface area (Å²) in [5.41, 5.74) is 6.47. The van der Waals surface area contributed by atoms with Gasteiger partial charge in [-0.25, -0.2) is 0 Å². The average Bonchev–Trinajstić information content (AvgIpc) is 2.85. The number of para-hydroxylation sites is 2. The monoisotopic (exact) mass is 538 g/mol. The molecule has 0 bridgehead atoms. The molecule has 2 aromatic carbocycles. The van der Waals surface area contributed by atoms with Crippen LogP contribution in [0.1, 0.15) is 89.1 Å². The van der Waals surface area contributed by atoms with Gasteiger partial charge in [0, 0.05) is 47.1 Å². The number of carbonyl (C=O) groups is 2. The van der Waals surface area contributed by atoms with Crippen LogP contribution in [0.5, 0.6) is 0 Å². The van der Waals surface area contributed by atoms with Gasteiger partial charge in [0.05, 0.1) is 11.0 Å². The van der Waals surface area contributed by atoms with Crippen molar-refractivity contribution in [1.29, 1.82) is 0 Å². The van der Waals surface area contributed by atoms with Gasteiger partial charge in [0.1, 0.15) is 12.2 Å². The van der Waals surface area contributed by atoms with Crippen molar-refractivity contribution >= 4 is 33.7 Å². The number of pyridine rings is 2. The van der Waals surface area contributed by atoms with Crippen molar-refractivity contribution in [2.24, 2.45) is 10.8 Å². The number of benzene rings is 2. The third-order valence-electron chi connectivity index (χ3n) is 7.75. The molecule has 208 valence electrons. The molecule has 0 saturated heterocycles. The number of rotatable bonds is 2. The van der Waals surface area contributed by atoms with E-state index in [0.717, 1.165) is 70.0 Å². The molecule has 0 aliphatic heterocycles. The number of esters is 2. The van der Waals surface area contributed by atoms with Crippen molar-refractivity contribution in [2.75, 3.05) is 0 Å². The van der Waals surface area contributed by atoms with Gasteiger partial charge in [-0.1, -0.05) is 64.1 Å². The molecule has 6 heteroatoms. The number of carbonyl (C=O) groups excluding carboxylic acids is 2. The lowest BCUT2D eigenvalue weighted by Gasteiger charge is -2.35. The first kappa shape index (κ1) is 27.8. The number of hydrogen-bond acceptors (Lipinski definition) is 6. The molecule has 2 aliphatic rings. The molecule has 40 heavy (non-hydrogen) atoms. The maximum absolute atomic E-state index is 11.4. The van der Waals surface area contributed by atoms with E-state index in [4.69, 9.17) is 19.4 Å². The molecule has 0 fully saturated rings. The highest BCUT2D eigenvalue weighted by Crippen LogP contribution is 2.44. The molecule has 0 N–H and O–H groups in total. The summed E-state index contributed by atoms with van der Waals surface area (Å²) in [5.74, 6) is -0.460. The first-order chi connectivity index (χ1) is 18.9. The van der Waals surface area contributed by atoms with Crippen LogP contribution in [0.4, 0.5) is 0 Å². The molecule has 2 atom stereocenters. The van der Waals surface area contributed by atoms with Crippen LogP contribution in [0.15, 0.2) is 60.7 Å². The first-order valence-electron chi connectivity index (χ1n) is 14.0. The summed E-state index contributed by atoms with van der Waals surface area (Å²) in [6, 6.07) is 20.4. The second kappa shape index (κ2) is 10.6. The van der Waals surface area contributed by atoms with E-state index in [-0.39, 0.29) is 35.0 Å². The molecular weight excluding hydrogens is 500 g/mol. The minimum absolute atomic E-state index is 0.0998. The van der Waals surface area contributed by atoms with E-state index >= 15 is 0 Å². The Bertz CT molecular complexity index is 1470. The Morgan fingerprint density at radius 1 is 0.675 bits per heavy atom. The Kier molecular flexibility index (Phi) is 7.38. The van der Waals surface area contributed by atoms with Gasteiger partial charge in [0.2, 0.25) is 0 Å². The molecule has 0 amide bonds. The molecule has 6 rings (SSSR count). The van der Waals surface area contributed by atoms with Gasteiger partial charge in [0.25, 0.3) is 0 Å². The maximum atomic E-state index is 11.4. The lowest BCUT2D eigenvalue weighted by atomic mass is 9.74. The van der Waals surface area contributed by atoms with Crippen LogP contribution in [0, 0.1) is 10.8 Å². The summed E-state index contributed by atoms with van der Waals surface area (Å²) in [4.78, 5) is 32.3. The summed E-state index contributed by atoms with van der Waals surface area (Å²) >= 11 is 0. The van der Waals surface area contributed by atoms with Gasteiger partial charge in [0.15, 0.2) is 0 Å². The third kappa shape index (κ3) is 6.16. The molecular formula is C34H38N2O4. The summed E-state index contributed by atoms with van der Waals surface area (Å²) in [5, 5.41) is 2.20. The Morgan fingerprint density at radius 3 is 1.43 bits per heavy atom. The van der Waals surface area contributed by atoms with E-state index in [9.17, 15) is 9.59 Å². The van der Waals surface area contributed by atoms with Gasteiger partial charge in [-0.2, -0.15) is 0 Å². The van der Waals surface area contributed by atoms with Crippen LogP contribution in [0.2, 0.25) is 0 Å². The van der Waals surface area contributed by atoms with Crippen molar-refractivity contribution < 1.29 is 19.1 Å². The lowest BCUT2D eigenvalue weighted by molar-refractivity contribution is -0.149. The molecule has 0 spiro atoms. The van der Waals surface area contributed by atoms with Gasteiger partial charge < -0.3 is 9.47 Å². The van der Waals surface area contributed by atoms with Crippen LogP contribution in [0.25, 0.3) is 21.8 Å². The van der Waals surface area contributed by atoms with Gasteiger partial charge in [-0.05, 0) is 60.8 Å². The highest BCUT2D eigenvalue weighted by Gasteiger charge is 2.36. The van der Waals surface area contributed by atoms with Crippen molar-refractivity contribution in [3.05, 3.63) is 83.2 Å². The van der Waals surface area contributed by atoms with Crippen molar-refractivity contribution in [3.63, 3.8) is 0 Å². The molecule has 2 aromatic heterocycles. The molecule has 0 radical (unpaired) electrons.